The lowest BCUT2D eigenvalue weighted by molar-refractivity contribution is -0.0170. The number of rotatable bonds is 24. The molecule has 0 saturated heterocycles. The summed E-state index contributed by atoms with van der Waals surface area (Å²) in [6, 6.07) is 7.29. The van der Waals surface area contributed by atoms with Gasteiger partial charge in [0.15, 0.2) is 0 Å². The molecule has 0 aromatic heterocycles. The highest BCUT2D eigenvalue weighted by atomic mass is 16.6. The lowest BCUT2D eigenvalue weighted by atomic mass is 10.2. The predicted octanol–water partition coefficient (Wildman–Crippen LogP) is 3.30. The molecule has 0 spiro atoms. The van der Waals surface area contributed by atoms with E-state index in [1.165, 1.54) is 6.26 Å². The van der Waals surface area contributed by atoms with Gasteiger partial charge in [-0.2, -0.15) is 0 Å². The summed E-state index contributed by atoms with van der Waals surface area (Å²) < 4.78 is 37.1. The first-order chi connectivity index (χ1) is 16.8. The van der Waals surface area contributed by atoms with Gasteiger partial charge in [-0.05, 0) is 30.7 Å². The van der Waals surface area contributed by atoms with E-state index < -0.39 is 0 Å². The number of carbonyl (C=O) groups excluding carboxylic acids is 1. The van der Waals surface area contributed by atoms with Crippen molar-refractivity contribution in [3.63, 3.8) is 0 Å². The maximum absolute atomic E-state index is 12.0. The Hall–Kier alpha value is -2.17. The SMILES string of the molecule is C=COCCOCCOCCOCCOCCOCCOC(=O)c1ccc(NCCCC)cc1. The van der Waals surface area contributed by atoms with E-state index in [0.717, 1.165) is 25.1 Å². The molecule has 34 heavy (non-hydrogen) atoms. The summed E-state index contributed by atoms with van der Waals surface area (Å²) in [7, 11) is 0. The second-order valence-corrected chi connectivity index (χ2v) is 7.09. The molecule has 0 radical (unpaired) electrons. The average Bonchev–Trinajstić information content (AvgIpc) is 2.86. The number of esters is 1. The van der Waals surface area contributed by atoms with Crippen LogP contribution >= 0.6 is 0 Å². The van der Waals surface area contributed by atoms with Gasteiger partial charge < -0.3 is 38.5 Å². The van der Waals surface area contributed by atoms with Crippen molar-refractivity contribution in [2.24, 2.45) is 0 Å². The Labute approximate surface area is 203 Å². The van der Waals surface area contributed by atoms with Gasteiger partial charge in [0.2, 0.25) is 0 Å². The quantitative estimate of drug-likeness (QED) is 0.135. The van der Waals surface area contributed by atoms with E-state index >= 15 is 0 Å². The highest BCUT2D eigenvalue weighted by Gasteiger charge is 2.06. The van der Waals surface area contributed by atoms with Crippen molar-refractivity contribution < 1.29 is 38.0 Å². The molecule has 0 unspecified atom stereocenters. The Bertz CT molecular complexity index is 611. The van der Waals surface area contributed by atoms with Crippen molar-refractivity contribution in [1.29, 1.82) is 0 Å². The van der Waals surface area contributed by atoms with Gasteiger partial charge in [0.05, 0.1) is 77.9 Å². The number of anilines is 1. The summed E-state index contributed by atoms with van der Waals surface area (Å²) >= 11 is 0. The Morgan fingerprint density at radius 1 is 0.765 bits per heavy atom. The molecule has 1 rings (SSSR count). The first kappa shape index (κ1) is 29.9. The van der Waals surface area contributed by atoms with E-state index in [4.69, 9.17) is 33.2 Å². The Balaban J connectivity index is 1.84. The number of carbonyl (C=O) groups is 1. The van der Waals surface area contributed by atoms with E-state index in [-0.39, 0.29) is 12.6 Å². The maximum atomic E-state index is 12.0. The van der Waals surface area contributed by atoms with E-state index in [1.807, 2.05) is 12.1 Å². The molecule has 1 N–H and O–H groups in total. The van der Waals surface area contributed by atoms with E-state index in [0.29, 0.717) is 78.2 Å². The standard InChI is InChI=1S/C25H41NO8/c1-3-5-10-26-24-8-6-23(7-9-24)25(27)34-22-21-33-20-19-32-18-17-31-16-15-30-14-13-29-12-11-28-4-2/h4,6-9,26H,2-3,5,10-22H2,1H3. The topological polar surface area (TPSA) is 93.7 Å². The van der Waals surface area contributed by atoms with Crippen LogP contribution in [0, 0.1) is 0 Å². The molecule has 0 aliphatic carbocycles. The number of unbranched alkanes of at least 4 members (excludes halogenated alkanes) is 1. The zero-order valence-electron chi connectivity index (χ0n) is 20.5. The second-order valence-electron chi connectivity index (χ2n) is 7.09. The molecule has 0 heterocycles. The summed E-state index contributed by atoms with van der Waals surface area (Å²) in [5.74, 6) is -0.355. The fourth-order valence-corrected chi connectivity index (χ4v) is 2.58. The monoisotopic (exact) mass is 483 g/mol. The van der Waals surface area contributed by atoms with Crippen molar-refractivity contribution >= 4 is 11.7 Å². The van der Waals surface area contributed by atoms with Crippen LogP contribution in [0.2, 0.25) is 0 Å². The molecule has 1 aromatic carbocycles. The van der Waals surface area contributed by atoms with Crippen LogP contribution < -0.4 is 5.32 Å². The van der Waals surface area contributed by atoms with Crippen LogP contribution in [0.3, 0.4) is 0 Å². The van der Waals surface area contributed by atoms with Gasteiger partial charge in [0.1, 0.15) is 13.2 Å². The molecular weight excluding hydrogens is 442 g/mol. The first-order valence-electron chi connectivity index (χ1n) is 11.9. The smallest absolute Gasteiger partial charge is 0.338 e. The molecule has 9 nitrogen and oxygen atoms in total. The molecule has 0 amide bonds. The number of nitrogens with one attached hydrogen (secondary N) is 1. The number of hydrogen-bond acceptors (Lipinski definition) is 9. The van der Waals surface area contributed by atoms with Crippen LogP contribution in [0.5, 0.6) is 0 Å². The predicted molar refractivity (Wildman–Crippen MR) is 130 cm³/mol. The first-order valence-corrected chi connectivity index (χ1v) is 11.9. The molecule has 0 aliphatic heterocycles. The van der Waals surface area contributed by atoms with Gasteiger partial charge >= 0.3 is 5.97 Å². The Morgan fingerprint density at radius 3 is 1.71 bits per heavy atom. The van der Waals surface area contributed by atoms with Crippen molar-refractivity contribution in [3.8, 4) is 0 Å². The summed E-state index contributed by atoms with van der Waals surface area (Å²) in [4.78, 5) is 12.0. The van der Waals surface area contributed by atoms with Crippen LogP contribution in [0.1, 0.15) is 30.1 Å². The third kappa shape index (κ3) is 17.3. The van der Waals surface area contributed by atoms with Crippen molar-refractivity contribution in [2.75, 3.05) is 91.1 Å². The van der Waals surface area contributed by atoms with Gasteiger partial charge in [-0.25, -0.2) is 4.79 Å². The maximum Gasteiger partial charge on any atom is 0.338 e. The van der Waals surface area contributed by atoms with Gasteiger partial charge in [-0.15, -0.1) is 0 Å². The highest BCUT2D eigenvalue weighted by Crippen LogP contribution is 2.10. The van der Waals surface area contributed by atoms with Crippen molar-refractivity contribution in [1.82, 2.24) is 0 Å². The number of benzene rings is 1. The lowest BCUT2D eigenvalue weighted by Gasteiger charge is -2.09. The molecule has 0 saturated carbocycles. The second kappa shape index (κ2) is 22.6. The summed E-state index contributed by atoms with van der Waals surface area (Å²) in [5.41, 5.74) is 1.52. The minimum Gasteiger partial charge on any atom is -0.499 e. The van der Waals surface area contributed by atoms with Crippen LogP contribution in [0.25, 0.3) is 0 Å². The molecule has 0 fully saturated rings. The fourth-order valence-electron chi connectivity index (χ4n) is 2.58. The van der Waals surface area contributed by atoms with Crippen LogP contribution in [-0.2, 0) is 33.2 Å². The van der Waals surface area contributed by atoms with Gasteiger partial charge in [-0.3, -0.25) is 0 Å². The third-order valence-corrected chi connectivity index (χ3v) is 4.39. The third-order valence-electron chi connectivity index (χ3n) is 4.39. The largest absolute Gasteiger partial charge is 0.499 e. The summed E-state index contributed by atoms with van der Waals surface area (Å²) in [6.07, 6.45) is 3.65. The van der Waals surface area contributed by atoms with E-state index in [9.17, 15) is 4.79 Å². The van der Waals surface area contributed by atoms with Crippen LogP contribution in [0.15, 0.2) is 37.1 Å². The van der Waals surface area contributed by atoms with Gasteiger partial charge in [-0.1, -0.05) is 19.9 Å². The molecule has 0 aliphatic rings. The molecule has 194 valence electrons. The van der Waals surface area contributed by atoms with E-state index in [2.05, 4.69) is 18.8 Å². The average molecular weight is 484 g/mol. The Kier molecular flexibility index (Phi) is 19.9. The zero-order chi connectivity index (χ0) is 24.5. The molecule has 9 heteroatoms. The fraction of sp³-hybridized carbons (Fsp3) is 0.640. The normalized spacial score (nSPS) is 10.7. The lowest BCUT2D eigenvalue weighted by Crippen LogP contribution is -2.15. The molecule has 0 bridgehead atoms. The number of ether oxygens (including phenoxy) is 7. The van der Waals surface area contributed by atoms with E-state index in [1.54, 1.807) is 12.1 Å². The van der Waals surface area contributed by atoms with Crippen molar-refractivity contribution in [3.05, 3.63) is 42.7 Å². The summed E-state index contributed by atoms with van der Waals surface area (Å²) in [6.45, 7) is 12.0. The highest BCUT2D eigenvalue weighted by molar-refractivity contribution is 5.89. The van der Waals surface area contributed by atoms with Crippen molar-refractivity contribution in [2.45, 2.75) is 19.8 Å². The molecule has 0 atom stereocenters. The minimum atomic E-state index is -0.355. The van der Waals surface area contributed by atoms with Gasteiger partial charge in [0.25, 0.3) is 0 Å². The zero-order valence-corrected chi connectivity index (χ0v) is 20.5. The van der Waals surface area contributed by atoms with Crippen LogP contribution in [0.4, 0.5) is 5.69 Å². The molecule has 1 aromatic rings. The molecular formula is C25H41NO8. The van der Waals surface area contributed by atoms with Gasteiger partial charge in [0, 0.05) is 12.2 Å². The Morgan fingerprint density at radius 2 is 1.24 bits per heavy atom. The number of hydrogen-bond donors (Lipinski definition) is 1. The summed E-state index contributed by atoms with van der Waals surface area (Å²) in [5, 5.41) is 3.31. The van der Waals surface area contributed by atoms with Crippen LogP contribution in [-0.4, -0.2) is 91.8 Å². The minimum absolute atomic E-state index is 0.200.